The first kappa shape index (κ1) is 33.0. The van der Waals surface area contributed by atoms with E-state index in [-0.39, 0.29) is 32.1 Å². The van der Waals surface area contributed by atoms with Gasteiger partial charge in [-0.05, 0) is 90.5 Å². The van der Waals surface area contributed by atoms with Crippen LogP contribution in [0.4, 0.5) is 4.79 Å². The van der Waals surface area contributed by atoms with E-state index in [1.165, 1.54) is 0 Å². The van der Waals surface area contributed by atoms with E-state index in [1.54, 1.807) is 72.2 Å². The van der Waals surface area contributed by atoms with Crippen LogP contribution in [0.3, 0.4) is 0 Å². The summed E-state index contributed by atoms with van der Waals surface area (Å²) >= 11 is 0. The van der Waals surface area contributed by atoms with Crippen molar-refractivity contribution in [2.75, 3.05) is 27.3 Å². The van der Waals surface area contributed by atoms with Crippen molar-refractivity contribution in [3.05, 3.63) is 48.1 Å². The fraction of sp³-hybridized carbons (Fsp3) is 0.594. The number of carboxylic acid groups (broad SMARTS) is 1. The van der Waals surface area contributed by atoms with Crippen molar-refractivity contribution in [2.45, 2.75) is 89.4 Å². The van der Waals surface area contributed by atoms with Crippen molar-refractivity contribution in [3.8, 4) is 11.5 Å². The topological polar surface area (TPSA) is 132 Å². The maximum Gasteiger partial charge on any atom is 0.408 e. The van der Waals surface area contributed by atoms with Crippen LogP contribution >= 0.6 is 0 Å². The molecule has 1 aromatic carbocycles. The van der Waals surface area contributed by atoms with Crippen LogP contribution in [0.25, 0.3) is 0 Å². The lowest BCUT2D eigenvalue weighted by molar-refractivity contribution is -0.149. The lowest BCUT2D eigenvalue weighted by Crippen LogP contribution is -2.51. The van der Waals surface area contributed by atoms with Gasteiger partial charge in [0.15, 0.2) is 11.5 Å². The van der Waals surface area contributed by atoms with E-state index in [4.69, 9.17) is 18.9 Å². The van der Waals surface area contributed by atoms with Crippen LogP contribution < -0.4 is 20.1 Å². The van der Waals surface area contributed by atoms with Gasteiger partial charge in [0, 0.05) is 6.54 Å². The Kier molecular flexibility index (Phi) is 11.1. The molecule has 0 aliphatic heterocycles. The van der Waals surface area contributed by atoms with Crippen LogP contribution in [-0.4, -0.2) is 67.7 Å². The number of amides is 1. The van der Waals surface area contributed by atoms with Crippen LogP contribution in [-0.2, 0) is 19.1 Å². The number of hydrogen-bond donors (Lipinski definition) is 3. The third kappa shape index (κ3) is 8.74. The first-order valence-electron chi connectivity index (χ1n) is 14.6. The van der Waals surface area contributed by atoms with Crippen molar-refractivity contribution in [2.24, 2.45) is 5.41 Å². The van der Waals surface area contributed by atoms with Gasteiger partial charge in [-0.3, -0.25) is 9.59 Å². The normalized spacial score (nSPS) is 22.8. The summed E-state index contributed by atoms with van der Waals surface area (Å²) in [6.45, 7) is 7.53. The average molecular weight is 587 g/mol. The number of ether oxygens (including phenoxy) is 4. The number of aliphatic carboxylic acids is 1. The number of alkyl carbamates (subject to hydrolysis) is 1. The summed E-state index contributed by atoms with van der Waals surface area (Å²) in [5.74, 6) is -0.811. The highest BCUT2D eigenvalue weighted by molar-refractivity contribution is 5.83. The second-order valence-electron chi connectivity index (χ2n) is 12.1. The summed E-state index contributed by atoms with van der Waals surface area (Å²) in [5, 5.41) is 15.9. The molecule has 2 aliphatic rings. The standard InChI is InChI=1S/C32H46N2O8/c1-7-40-28(37)31(21-33-5)14-16-32(17-15-31,34-29(38)42-30(2,3)4)20-23(19-27(35)36)22-12-13-25(39-6)26(18-22)41-24-10-8-9-11-24/h12-18,23-24,33H,7-11,19-21H2,1-6H3,(H,34,38)(H,35,36). The van der Waals surface area contributed by atoms with Crippen LogP contribution in [0.15, 0.2) is 42.5 Å². The second kappa shape index (κ2) is 14.1. The van der Waals surface area contributed by atoms with Crippen molar-refractivity contribution in [1.29, 1.82) is 0 Å². The van der Waals surface area contributed by atoms with E-state index >= 15 is 0 Å². The number of benzene rings is 1. The minimum absolute atomic E-state index is 0.0830. The molecule has 1 aromatic rings. The van der Waals surface area contributed by atoms with Gasteiger partial charge in [-0.1, -0.05) is 30.4 Å². The smallest absolute Gasteiger partial charge is 0.408 e. The Balaban J connectivity index is 2.02. The molecule has 2 aliphatic carbocycles. The van der Waals surface area contributed by atoms with Gasteiger partial charge < -0.3 is 34.7 Å². The third-order valence-corrected chi connectivity index (χ3v) is 7.47. The Morgan fingerprint density at radius 1 is 1.07 bits per heavy atom. The molecule has 232 valence electrons. The van der Waals surface area contributed by atoms with Gasteiger partial charge in [0.05, 0.1) is 31.8 Å². The molecular formula is C32H46N2O8. The Hall–Kier alpha value is -3.53. The Morgan fingerprint density at radius 3 is 2.29 bits per heavy atom. The first-order chi connectivity index (χ1) is 19.8. The zero-order chi connectivity index (χ0) is 31.0. The second-order valence-corrected chi connectivity index (χ2v) is 12.1. The maximum absolute atomic E-state index is 13.1. The van der Waals surface area contributed by atoms with Gasteiger partial charge >= 0.3 is 18.0 Å². The Morgan fingerprint density at radius 2 is 1.74 bits per heavy atom. The number of carbonyl (C=O) groups excluding carboxylic acids is 2. The van der Waals surface area contributed by atoms with Crippen LogP contribution in [0.1, 0.15) is 77.7 Å². The van der Waals surface area contributed by atoms with Crippen molar-refractivity contribution < 1.29 is 38.4 Å². The van der Waals surface area contributed by atoms with E-state index in [1.807, 2.05) is 12.1 Å². The lowest BCUT2D eigenvalue weighted by Gasteiger charge is -2.38. The lowest BCUT2D eigenvalue weighted by atomic mass is 9.74. The molecule has 0 spiro atoms. The molecule has 1 fully saturated rings. The molecule has 42 heavy (non-hydrogen) atoms. The summed E-state index contributed by atoms with van der Waals surface area (Å²) in [6.07, 6.45) is 10.4. The van der Waals surface area contributed by atoms with Gasteiger partial charge in [-0.15, -0.1) is 0 Å². The van der Waals surface area contributed by atoms with Crippen molar-refractivity contribution >= 4 is 18.0 Å². The van der Waals surface area contributed by atoms with Crippen molar-refractivity contribution in [3.63, 3.8) is 0 Å². The minimum Gasteiger partial charge on any atom is -0.493 e. The summed E-state index contributed by atoms with van der Waals surface area (Å²) in [5.41, 5.74) is -2.26. The van der Waals surface area contributed by atoms with E-state index in [2.05, 4.69) is 10.6 Å². The molecule has 10 nitrogen and oxygen atoms in total. The zero-order valence-electron chi connectivity index (χ0n) is 25.7. The van der Waals surface area contributed by atoms with Crippen molar-refractivity contribution in [1.82, 2.24) is 10.6 Å². The Labute approximate surface area is 248 Å². The predicted molar refractivity (Wildman–Crippen MR) is 159 cm³/mol. The number of carbonyl (C=O) groups is 3. The molecule has 1 unspecified atom stereocenters. The molecule has 1 saturated carbocycles. The summed E-state index contributed by atoms with van der Waals surface area (Å²) in [4.78, 5) is 38.2. The van der Waals surface area contributed by atoms with Gasteiger partial charge in [0.2, 0.25) is 0 Å². The number of rotatable bonds is 13. The average Bonchev–Trinajstić information content (AvgIpc) is 3.42. The molecule has 0 radical (unpaired) electrons. The monoisotopic (exact) mass is 586 g/mol. The van der Waals surface area contributed by atoms with Gasteiger partial charge in [0.1, 0.15) is 11.0 Å². The summed E-state index contributed by atoms with van der Waals surface area (Å²) in [6, 6.07) is 5.45. The zero-order valence-corrected chi connectivity index (χ0v) is 25.7. The predicted octanol–water partition coefficient (Wildman–Crippen LogP) is 5.12. The van der Waals surface area contributed by atoms with Gasteiger partial charge in [-0.25, -0.2) is 4.79 Å². The van der Waals surface area contributed by atoms with Crippen LogP contribution in [0.2, 0.25) is 0 Å². The maximum atomic E-state index is 13.1. The van der Waals surface area contributed by atoms with Gasteiger partial charge in [0.25, 0.3) is 0 Å². The molecule has 1 amide bonds. The SMILES string of the molecule is CCOC(=O)C1(CNC)C=CC(CC(CC(=O)O)c2ccc(OC)c(OC3CCCC3)c2)(NC(=O)OC(C)(C)C)C=C1. The number of nitrogens with one attached hydrogen (secondary N) is 2. The molecular weight excluding hydrogens is 540 g/mol. The minimum atomic E-state index is -1.15. The molecule has 0 aromatic heterocycles. The molecule has 3 rings (SSSR count). The van der Waals surface area contributed by atoms with E-state index in [0.717, 1.165) is 31.2 Å². The summed E-state index contributed by atoms with van der Waals surface area (Å²) in [7, 11) is 3.31. The van der Waals surface area contributed by atoms with E-state index in [0.29, 0.717) is 11.5 Å². The third-order valence-electron chi connectivity index (χ3n) is 7.47. The largest absolute Gasteiger partial charge is 0.493 e. The summed E-state index contributed by atoms with van der Waals surface area (Å²) < 4.78 is 22.7. The highest BCUT2D eigenvalue weighted by atomic mass is 16.6. The number of hydrogen-bond acceptors (Lipinski definition) is 8. The number of esters is 1. The molecule has 10 heteroatoms. The fourth-order valence-corrected chi connectivity index (χ4v) is 5.51. The van der Waals surface area contributed by atoms with E-state index < -0.39 is 40.5 Å². The molecule has 0 saturated heterocycles. The molecule has 0 heterocycles. The highest BCUT2D eigenvalue weighted by Gasteiger charge is 2.42. The van der Waals surface area contributed by atoms with Crippen LogP contribution in [0.5, 0.6) is 11.5 Å². The molecule has 1 atom stereocenters. The first-order valence-corrected chi connectivity index (χ1v) is 14.6. The highest BCUT2D eigenvalue weighted by Crippen LogP contribution is 2.40. The Bertz CT molecular complexity index is 1150. The number of carboxylic acids is 1. The quantitative estimate of drug-likeness (QED) is 0.213. The molecule has 0 bridgehead atoms. The number of methoxy groups -OCH3 is 1. The fourth-order valence-electron chi connectivity index (χ4n) is 5.51. The van der Waals surface area contributed by atoms with E-state index in [9.17, 15) is 19.5 Å². The molecule has 3 N–H and O–H groups in total. The van der Waals surface area contributed by atoms with Gasteiger partial charge in [-0.2, -0.15) is 0 Å². The van der Waals surface area contributed by atoms with Crippen LogP contribution in [0, 0.1) is 5.41 Å².